The lowest BCUT2D eigenvalue weighted by molar-refractivity contribution is -0.136. The van der Waals surface area contributed by atoms with Gasteiger partial charge in [0.1, 0.15) is 0 Å². The zero-order valence-corrected chi connectivity index (χ0v) is 11.5. The number of rotatable bonds is 6. The average Bonchev–Trinajstić information content (AvgIpc) is 2.82. The second-order valence-corrected chi connectivity index (χ2v) is 5.24. The van der Waals surface area contributed by atoms with Crippen molar-refractivity contribution in [3.05, 3.63) is 46.5 Å². The maximum Gasteiger partial charge on any atom is 0.303 e. The van der Waals surface area contributed by atoms with Crippen LogP contribution < -0.4 is 5.32 Å². The van der Waals surface area contributed by atoms with E-state index in [1.165, 1.54) is 22.5 Å². The standard InChI is InChI=1S/C14H16N2O2S/c1-10-3-2-4-11(7-10)8-15-14-16-12(9-19-14)5-6-13(17)18/h2-4,7,9H,5-6,8H2,1H3,(H,15,16)(H,17,18). The van der Waals surface area contributed by atoms with Gasteiger partial charge in [0.25, 0.3) is 0 Å². The molecule has 0 saturated carbocycles. The van der Waals surface area contributed by atoms with E-state index in [0.29, 0.717) is 6.42 Å². The Morgan fingerprint density at radius 1 is 1.47 bits per heavy atom. The third-order valence-corrected chi connectivity index (χ3v) is 3.52. The Bertz CT molecular complexity index is 566. The minimum atomic E-state index is -0.790. The van der Waals surface area contributed by atoms with Crippen LogP contribution in [0.15, 0.2) is 29.6 Å². The highest BCUT2D eigenvalue weighted by molar-refractivity contribution is 7.13. The third kappa shape index (κ3) is 4.37. The minimum Gasteiger partial charge on any atom is -0.481 e. The van der Waals surface area contributed by atoms with Gasteiger partial charge in [0, 0.05) is 18.3 Å². The first-order valence-electron chi connectivity index (χ1n) is 6.09. The molecule has 0 unspecified atom stereocenters. The molecule has 4 nitrogen and oxygen atoms in total. The molecule has 0 bridgehead atoms. The first-order valence-corrected chi connectivity index (χ1v) is 6.97. The summed E-state index contributed by atoms with van der Waals surface area (Å²) in [4.78, 5) is 14.8. The highest BCUT2D eigenvalue weighted by atomic mass is 32.1. The second kappa shape index (κ2) is 6.33. The van der Waals surface area contributed by atoms with Crippen LogP contribution in [0.5, 0.6) is 0 Å². The van der Waals surface area contributed by atoms with Crippen LogP contribution in [0.25, 0.3) is 0 Å². The summed E-state index contributed by atoms with van der Waals surface area (Å²) in [5, 5.41) is 14.6. The van der Waals surface area contributed by atoms with Gasteiger partial charge in [0.15, 0.2) is 5.13 Å². The molecule has 0 amide bonds. The van der Waals surface area contributed by atoms with Gasteiger partial charge in [-0.1, -0.05) is 29.8 Å². The largest absolute Gasteiger partial charge is 0.481 e. The molecule has 0 atom stereocenters. The number of nitrogens with one attached hydrogen (secondary N) is 1. The van der Waals surface area contributed by atoms with Crippen molar-refractivity contribution in [2.75, 3.05) is 5.32 Å². The molecule has 0 aliphatic rings. The number of carboxylic acids is 1. The first kappa shape index (κ1) is 13.5. The summed E-state index contributed by atoms with van der Waals surface area (Å²) in [7, 11) is 0. The maximum absolute atomic E-state index is 10.5. The fraction of sp³-hybridized carbons (Fsp3) is 0.286. The van der Waals surface area contributed by atoms with Crippen LogP contribution in [-0.2, 0) is 17.8 Å². The molecule has 5 heteroatoms. The molecule has 0 spiro atoms. The van der Waals surface area contributed by atoms with Crippen LogP contribution in [0, 0.1) is 6.92 Å². The van der Waals surface area contributed by atoms with E-state index in [-0.39, 0.29) is 6.42 Å². The number of aliphatic carboxylic acids is 1. The molecule has 2 rings (SSSR count). The monoisotopic (exact) mass is 276 g/mol. The lowest BCUT2D eigenvalue weighted by atomic mass is 10.1. The molecule has 100 valence electrons. The minimum absolute atomic E-state index is 0.126. The zero-order valence-electron chi connectivity index (χ0n) is 10.7. The van der Waals surface area contributed by atoms with E-state index in [1.807, 2.05) is 11.4 Å². The number of aromatic nitrogens is 1. The van der Waals surface area contributed by atoms with Crippen molar-refractivity contribution in [2.24, 2.45) is 0 Å². The van der Waals surface area contributed by atoms with E-state index in [1.54, 1.807) is 0 Å². The topological polar surface area (TPSA) is 62.2 Å². The Morgan fingerprint density at radius 3 is 3.05 bits per heavy atom. The van der Waals surface area contributed by atoms with Gasteiger partial charge in [0.05, 0.1) is 12.1 Å². The van der Waals surface area contributed by atoms with Gasteiger partial charge < -0.3 is 10.4 Å². The van der Waals surface area contributed by atoms with Crippen molar-refractivity contribution in [3.8, 4) is 0 Å². The average molecular weight is 276 g/mol. The summed E-state index contributed by atoms with van der Waals surface area (Å²) in [6, 6.07) is 8.30. The van der Waals surface area contributed by atoms with Crippen molar-refractivity contribution < 1.29 is 9.90 Å². The summed E-state index contributed by atoms with van der Waals surface area (Å²) in [6.07, 6.45) is 0.610. The normalized spacial score (nSPS) is 10.4. The van der Waals surface area contributed by atoms with Crippen LogP contribution in [-0.4, -0.2) is 16.1 Å². The van der Waals surface area contributed by atoms with Crippen molar-refractivity contribution in [2.45, 2.75) is 26.3 Å². The highest BCUT2D eigenvalue weighted by Crippen LogP contribution is 2.17. The number of hydrogen-bond donors (Lipinski definition) is 2. The van der Waals surface area contributed by atoms with Gasteiger partial charge in [0.2, 0.25) is 0 Å². The van der Waals surface area contributed by atoms with E-state index < -0.39 is 5.97 Å². The highest BCUT2D eigenvalue weighted by Gasteiger charge is 2.04. The molecule has 0 aliphatic carbocycles. The molecule has 2 N–H and O–H groups in total. The van der Waals surface area contributed by atoms with Crippen molar-refractivity contribution in [1.82, 2.24) is 4.98 Å². The fourth-order valence-electron chi connectivity index (χ4n) is 1.74. The maximum atomic E-state index is 10.5. The van der Waals surface area contributed by atoms with Gasteiger partial charge in [-0.3, -0.25) is 4.79 Å². The third-order valence-electron chi connectivity index (χ3n) is 2.67. The second-order valence-electron chi connectivity index (χ2n) is 4.38. The lowest BCUT2D eigenvalue weighted by Crippen LogP contribution is -2.00. The predicted octanol–water partition coefficient (Wildman–Crippen LogP) is 3.08. The number of benzene rings is 1. The fourth-order valence-corrected chi connectivity index (χ4v) is 2.48. The molecule has 0 fully saturated rings. The predicted molar refractivity (Wildman–Crippen MR) is 76.6 cm³/mol. The SMILES string of the molecule is Cc1cccc(CNc2nc(CCC(=O)O)cs2)c1. The Hall–Kier alpha value is -1.88. The molecule has 1 heterocycles. The van der Waals surface area contributed by atoms with E-state index in [2.05, 4.69) is 35.4 Å². The summed E-state index contributed by atoms with van der Waals surface area (Å²) < 4.78 is 0. The molecule has 2 aromatic rings. The molecular weight excluding hydrogens is 260 g/mol. The molecule has 0 aliphatic heterocycles. The summed E-state index contributed by atoms with van der Waals surface area (Å²) in [5.41, 5.74) is 3.28. The lowest BCUT2D eigenvalue weighted by Gasteiger charge is -2.03. The molecule has 19 heavy (non-hydrogen) atoms. The molecule has 1 aromatic heterocycles. The van der Waals surface area contributed by atoms with Crippen LogP contribution in [0.4, 0.5) is 5.13 Å². The van der Waals surface area contributed by atoms with Crippen molar-refractivity contribution >= 4 is 22.4 Å². The van der Waals surface area contributed by atoms with Crippen LogP contribution >= 0.6 is 11.3 Å². The number of thiazole rings is 1. The summed E-state index contributed by atoms with van der Waals surface area (Å²) in [6.45, 7) is 2.80. The number of nitrogens with zero attached hydrogens (tertiary/aromatic N) is 1. The number of aryl methyl sites for hydroxylation is 2. The van der Waals surface area contributed by atoms with Crippen LogP contribution in [0.1, 0.15) is 23.2 Å². The van der Waals surface area contributed by atoms with E-state index in [9.17, 15) is 4.79 Å². The summed E-state index contributed by atoms with van der Waals surface area (Å²) in [5.74, 6) is -0.790. The Balaban J connectivity index is 1.88. The van der Waals surface area contributed by atoms with Crippen LogP contribution in [0.3, 0.4) is 0 Å². The first-order chi connectivity index (χ1) is 9.13. The molecule has 0 saturated heterocycles. The van der Waals surface area contributed by atoms with E-state index >= 15 is 0 Å². The zero-order chi connectivity index (χ0) is 13.7. The number of carbonyl (C=O) groups is 1. The van der Waals surface area contributed by atoms with E-state index in [4.69, 9.17) is 5.11 Å². The van der Waals surface area contributed by atoms with Crippen molar-refractivity contribution in [1.29, 1.82) is 0 Å². The van der Waals surface area contributed by atoms with Gasteiger partial charge in [-0.15, -0.1) is 11.3 Å². The molecule has 0 radical (unpaired) electrons. The number of carboxylic acid groups (broad SMARTS) is 1. The Morgan fingerprint density at radius 2 is 2.32 bits per heavy atom. The number of hydrogen-bond acceptors (Lipinski definition) is 4. The molecule has 1 aromatic carbocycles. The van der Waals surface area contributed by atoms with Crippen LogP contribution in [0.2, 0.25) is 0 Å². The smallest absolute Gasteiger partial charge is 0.303 e. The van der Waals surface area contributed by atoms with Crippen molar-refractivity contribution in [3.63, 3.8) is 0 Å². The number of anilines is 1. The van der Waals surface area contributed by atoms with Gasteiger partial charge in [-0.25, -0.2) is 4.98 Å². The van der Waals surface area contributed by atoms with Gasteiger partial charge in [-0.2, -0.15) is 0 Å². The quantitative estimate of drug-likeness (QED) is 0.851. The Labute approximate surface area is 116 Å². The van der Waals surface area contributed by atoms with Gasteiger partial charge in [-0.05, 0) is 12.5 Å². The summed E-state index contributed by atoms with van der Waals surface area (Å²) >= 11 is 1.51. The van der Waals surface area contributed by atoms with Gasteiger partial charge >= 0.3 is 5.97 Å². The van der Waals surface area contributed by atoms with E-state index in [0.717, 1.165) is 17.4 Å². The Kier molecular flexibility index (Phi) is 4.52. The molecular formula is C14H16N2O2S.